The van der Waals surface area contributed by atoms with Gasteiger partial charge in [0.15, 0.2) is 0 Å². The van der Waals surface area contributed by atoms with Crippen LogP contribution in [0.15, 0.2) is 36.9 Å². The molecule has 0 saturated heterocycles. The monoisotopic (exact) mass is 352 g/mol. The van der Waals surface area contributed by atoms with Gasteiger partial charge < -0.3 is 9.67 Å². The zero-order valence-corrected chi connectivity index (χ0v) is 15.0. The number of aliphatic hydroxyl groups is 1. The summed E-state index contributed by atoms with van der Waals surface area (Å²) in [5, 5.41) is 12.9. The van der Waals surface area contributed by atoms with E-state index in [1.807, 2.05) is 22.9 Å². The summed E-state index contributed by atoms with van der Waals surface area (Å²) >= 11 is 12.3. The molecule has 3 rings (SSSR count). The Labute approximate surface area is 147 Å². The minimum Gasteiger partial charge on any atom is -0.387 e. The van der Waals surface area contributed by atoms with Crippen molar-refractivity contribution in [1.29, 1.82) is 0 Å². The summed E-state index contributed by atoms with van der Waals surface area (Å²) in [5.41, 5.74) is 0.0974. The van der Waals surface area contributed by atoms with Gasteiger partial charge in [0.2, 0.25) is 0 Å². The van der Waals surface area contributed by atoms with Crippen molar-refractivity contribution in [3.8, 4) is 0 Å². The molecule has 0 bridgehead atoms. The van der Waals surface area contributed by atoms with Crippen molar-refractivity contribution in [2.24, 2.45) is 11.3 Å². The van der Waals surface area contributed by atoms with Crippen LogP contribution in [0.3, 0.4) is 0 Å². The number of aromatic nitrogens is 2. The average molecular weight is 353 g/mol. The van der Waals surface area contributed by atoms with Gasteiger partial charge in [-0.2, -0.15) is 0 Å². The number of benzene rings is 1. The van der Waals surface area contributed by atoms with Crippen molar-refractivity contribution in [3.05, 3.63) is 52.5 Å². The van der Waals surface area contributed by atoms with Crippen molar-refractivity contribution < 1.29 is 5.11 Å². The van der Waals surface area contributed by atoms with Crippen LogP contribution in [-0.4, -0.2) is 20.3 Å². The highest BCUT2D eigenvalue weighted by atomic mass is 35.5. The summed E-state index contributed by atoms with van der Waals surface area (Å²) in [5.74, 6) is 0.151. The Balaban J connectivity index is 1.88. The van der Waals surface area contributed by atoms with Crippen LogP contribution in [0.5, 0.6) is 0 Å². The number of rotatable bonds is 4. The molecular weight excluding hydrogens is 331 g/mol. The molecule has 0 radical (unpaired) electrons. The fraction of sp³-hybridized carbons (Fsp3) is 0.500. The van der Waals surface area contributed by atoms with Crippen molar-refractivity contribution in [2.75, 3.05) is 0 Å². The zero-order valence-electron chi connectivity index (χ0n) is 13.5. The molecule has 3 nitrogen and oxygen atoms in total. The molecule has 0 spiro atoms. The minimum atomic E-state index is -0.795. The first-order chi connectivity index (χ1) is 10.8. The second-order valence-electron chi connectivity index (χ2n) is 7.22. The van der Waals surface area contributed by atoms with Crippen LogP contribution in [0, 0.1) is 11.3 Å². The Bertz CT molecular complexity index is 684. The maximum absolute atomic E-state index is 11.5. The summed E-state index contributed by atoms with van der Waals surface area (Å²) in [6, 6.07) is 5.60. The minimum absolute atomic E-state index is 0.151. The van der Waals surface area contributed by atoms with Gasteiger partial charge in [-0.05, 0) is 48.3 Å². The molecule has 5 heteroatoms. The Kier molecular flexibility index (Phi) is 4.47. The van der Waals surface area contributed by atoms with Gasteiger partial charge in [0.1, 0.15) is 0 Å². The van der Waals surface area contributed by atoms with E-state index < -0.39 is 5.60 Å². The standard InChI is InChI=1S/C18H22Cl2N2O/c1-17(2)6-5-14(9-13-3-4-15(19)10-16(13)20)18(17,23)11-22-8-7-21-12-22/h3-4,7-8,10,12,14,23H,5-6,9,11H2,1-2H3. The zero-order chi connectivity index (χ0) is 16.7. The van der Waals surface area contributed by atoms with Crippen molar-refractivity contribution in [3.63, 3.8) is 0 Å². The lowest BCUT2D eigenvalue weighted by atomic mass is 9.72. The summed E-state index contributed by atoms with van der Waals surface area (Å²) in [4.78, 5) is 4.09. The highest BCUT2D eigenvalue weighted by molar-refractivity contribution is 6.35. The second-order valence-corrected chi connectivity index (χ2v) is 8.06. The molecule has 1 heterocycles. The summed E-state index contributed by atoms with van der Waals surface area (Å²) in [7, 11) is 0. The van der Waals surface area contributed by atoms with E-state index in [2.05, 4.69) is 18.8 Å². The van der Waals surface area contributed by atoms with Gasteiger partial charge >= 0.3 is 0 Å². The van der Waals surface area contributed by atoms with E-state index in [0.717, 1.165) is 24.8 Å². The van der Waals surface area contributed by atoms with Crippen molar-refractivity contribution >= 4 is 23.2 Å². The normalized spacial score (nSPS) is 26.6. The molecule has 1 saturated carbocycles. The quantitative estimate of drug-likeness (QED) is 0.872. The maximum Gasteiger partial charge on any atom is 0.0946 e. The molecule has 23 heavy (non-hydrogen) atoms. The van der Waals surface area contributed by atoms with Crippen LogP contribution < -0.4 is 0 Å². The Morgan fingerprint density at radius 3 is 2.78 bits per heavy atom. The summed E-state index contributed by atoms with van der Waals surface area (Å²) in [6.45, 7) is 4.84. The molecule has 1 aliphatic carbocycles. The van der Waals surface area contributed by atoms with Crippen LogP contribution in [-0.2, 0) is 13.0 Å². The van der Waals surface area contributed by atoms with Gasteiger partial charge in [-0.3, -0.25) is 0 Å². The molecule has 0 aliphatic heterocycles. The summed E-state index contributed by atoms with van der Waals surface area (Å²) < 4.78 is 1.96. The van der Waals surface area contributed by atoms with Crippen molar-refractivity contribution in [1.82, 2.24) is 9.55 Å². The van der Waals surface area contributed by atoms with Crippen LogP contribution in [0.1, 0.15) is 32.3 Å². The van der Waals surface area contributed by atoms with Crippen LogP contribution in [0.25, 0.3) is 0 Å². The molecule has 2 unspecified atom stereocenters. The highest BCUT2D eigenvalue weighted by Crippen LogP contribution is 2.51. The molecule has 124 valence electrons. The number of hydrogen-bond acceptors (Lipinski definition) is 2. The van der Waals surface area contributed by atoms with E-state index in [4.69, 9.17) is 23.2 Å². The van der Waals surface area contributed by atoms with Gasteiger partial charge in [-0.25, -0.2) is 4.98 Å². The summed E-state index contributed by atoms with van der Waals surface area (Å²) in [6.07, 6.45) is 8.14. The Hall–Kier alpha value is -1.03. The van der Waals surface area contributed by atoms with Gasteiger partial charge in [0.25, 0.3) is 0 Å². The Morgan fingerprint density at radius 2 is 2.13 bits per heavy atom. The van der Waals surface area contributed by atoms with E-state index in [0.29, 0.717) is 16.6 Å². The lowest BCUT2D eigenvalue weighted by molar-refractivity contribution is -0.0885. The topological polar surface area (TPSA) is 38.0 Å². The number of imidazole rings is 1. The van der Waals surface area contributed by atoms with Crippen molar-refractivity contribution in [2.45, 2.75) is 45.3 Å². The smallest absolute Gasteiger partial charge is 0.0946 e. The molecular formula is C18H22Cl2N2O. The largest absolute Gasteiger partial charge is 0.387 e. The average Bonchev–Trinajstić information content (AvgIpc) is 3.04. The van der Waals surface area contributed by atoms with Gasteiger partial charge in [0.05, 0.1) is 18.5 Å². The third kappa shape index (κ3) is 3.15. The second kappa shape index (κ2) is 6.12. The first kappa shape index (κ1) is 16.8. The predicted molar refractivity (Wildman–Crippen MR) is 93.8 cm³/mol. The third-order valence-corrected chi connectivity index (χ3v) is 6.02. The lowest BCUT2D eigenvalue weighted by Crippen LogP contribution is -2.49. The third-order valence-electron chi connectivity index (χ3n) is 5.43. The molecule has 0 amide bonds. The fourth-order valence-electron chi connectivity index (χ4n) is 3.77. The molecule has 1 N–H and O–H groups in total. The number of hydrogen-bond donors (Lipinski definition) is 1. The van der Waals surface area contributed by atoms with E-state index in [1.165, 1.54) is 0 Å². The molecule has 1 fully saturated rings. The van der Waals surface area contributed by atoms with Crippen LogP contribution >= 0.6 is 23.2 Å². The van der Waals surface area contributed by atoms with Gasteiger partial charge in [-0.1, -0.05) is 43.1 Å². The highest BCUT2D eigenvalue weighted by Gasteiger charge is 2.54. The molecule has 1 aliphatic rings. The van der Waals surface area contributed by atoms with Crippen LogP contribution in [0.4, 0.5) is 0 Å². The Morgan fingerprint density at radius 1 is 1.35 bits per heavy atom. The van der Waals surface area contributed by atoms with Gasteiger partial charge in [-0.15, -0.1) is 0 Å². The SMILES string of the molecule is CC1(C)CCC(Cc2ccc(Cl)cc2Cl)C1(O)Cn1ccnc1. The number of nitrogens with zero attached hydrogens (tertiary/aromatic N) is 2. The molecule has 1 aromatic carbocycles. The van der Waals surface area contributed by atoms with Gasteiger partial charge in [0, 0.05) is 22.4 Å². The molecule has 1 aromatic heterocycles. The van der Waals surface area contributed by atoms with E-state index in [1.54, 1.807) is 18.6 Å². The fourth-order valence-corrected chi connectivity index (χ4v) is 4.25. The lowest BCUT2D eigenvalue weighted by Gasteiger charge is -2.41. The molecule has 2 atom stereocenters. The van der Waals surface area contributed by atoms with Crippen LogP contribution in [0.2, 0.25) is 10.0 Å². The van der Waals surface area contributed by atoms with E-state index in [-0.39, 0.29) is 11.3 Å². The molecule has 2 aromatic rings. The maximum atomic E-state index is 11.5. The predicted octanol–water partition coefficient (Wildman–Crippen LogP) is 4.60. The van der Waals surface area contributed by atoms with E-state index in [9.17, 15) is 5.11 Å². The number of halogens is 2. The van der Waals surface area contributed by atoms with E-state index >= 15 is 0 Å². The first-order valence-corrected chi connectivity index (χ1v) is 8.69. The first-order valence-electron chi connectivity index (χ1n) is 7.94.